The Kier molecular flexibility index (Phi) is 3.95. The molecule has 1 aliphatic heterocycles. The summed E-state index contributed by atoms with van der Waals surface area (Å²) >= 11 is 6.27. The fourth-order valence-electron chi connectivity index (χ4n) is 2.22. The molecule has 1 N–H and O–H groups in total. The molecule has 5 nitrogen and oxygen atoms in total. The lowest BCUT2D eigenvalue weighted by Crippen LogP contribution is -2.37. The highest BCUT2D eigenvalue weighted by Crippen LogP contribution is 2.42. The van der Waals surface area contributed by atoms with Gasteiger partial charge >= 0.3 is 0 Å². The molecule has 2 rings (SSSR count). The molecule has 0 aromatic heterocycles. The maximum Gasteiger partial charge on any atom is 0.227 e. The van der Waals surface area contributed by atoms with Crippen LogP contribution in [0.1, 0.15) is 24.3 Å². The monoisotopic (exact) mass is 283 g/mol. The topological polar surface area (TPSA) is 64.6 Å². The Hall–Kier alpha value is -1.75. The zero-order chi connectivity index (χ0) is 14.0. The molecule has 6 heteroatoms. The first-order valence-corrected chi connectivity index (χ1v) is 6.17. The molecule has 0 unspecified atom stereocenters. The van der Waals surface area contributed by atoms with Crippen LogP contribution in [0.25, 0.3) is 0 Å². The number of nitrogens with one attached hydrogen (secondary N) is 1. The van der Waals surface area contributed by atoms with Crippen LogP contribution >= 0.6 is 11.6 Å². The van der Waals surface area contributed by atoms with Crippen molar-refractivity contribution >= 4 is 23.4 Å². The maximum absolute atomic E-state index is 11.4. The summed E-state index contributed by atoms with van der Waals surface area (Å²) < 4.78 is 10.4. The van der Waals surface area contributed by atoms with Crippen molar-refractivity contribution < 1.29 is 19.1 Å². The van der Waals surface area contributed by atoms with Crippen LogP contribution in [0.3, 0.4) is 0 Å². The van der Waals surface area contributed by atoms with Gasteiger partial charge in [-0.2, -0.15) is 0 Å². The zero-order valence-corrected chi connectivity index (χ0v) is 11.4. The molecular weight excluding hydrogens is 270 g/mol. The number of ether oxygens (including phenoxy) is 2. The quantitative estimate of drug-likeness (QED) is 0.860. The lowest BCUT2D eigenvalue weighted by Gasteiger charge is -2.23. The Morgan fingerprint density at radius 3 is 2.32 bits per heavy atom. The van der Waals surface area contributed by atoms with E-state index in [4.69, 9.17) is 21.1 Å². The summed E-state index contributed by atoms with van der Waals surface area (Å²) in [6.07, 6.45) is 0.474. The molecule has 2 amide bonds. The number of rotatable bonds is 3. The first-order chi connectivity index (χ1) is 9.06. The molecule has 1 aromatic carbocycles. The van der Waals surface area contributed by atoms with Gasteiger partial charge < -0.3 is 9.47 Å². The molecule has 0 atom stereocenters. The normalized spacial score (nSPS) is 16.2. The molecule has 1 fully saturated rings. The minimum Gasteiger partial charge on any atom is -0.493 e. The third-order valence-corrected chi connectivity index (χ3v) is 3.49. The van der Waals surface area contributed by atoms with Gasteiger partial charge in [-0.15, -0.1) is 0 Å². The van der Waals surface area contributed by atoms with Crippen molar-refractivity contribution in [2.24, 2.45) is 0 Å². The molecule has 1 aromatic rings. The molecule has 1 aliphatic rings. The number of carbonyl (C=O) groups excluding carboxylic acids is 2. The fraction of sp³-hybridized carbons (Fsp3) is 0.385. The predicted molar refractivity (Wildman–Crippen MR) is 69.7 cm³/mol. The molecular formula is C13H14ClNO4. The SMILES string of the molecule is COc1ccc(C2CC(=O)NC(=O)C2)c(Cl)c1OC. The third-order valence-electron chi connectivity index (χ3n) is 3.10. The summed E-state index contributed by atoms with van der Waals surface area (Å²) in [5.41, 5.74) is 0.725. The molecule has 0 bridgehead atoms. The Balaban J connectivity index is 2.40. The molecule has 0 aliphatic carbocycles. The lowest BCUT2D eigenvalue weighted by molar-refractivity contribution is -0.133. The van der Waals surface area contributed by atoms with Crippen molar-refractivity contribution in [2.45, 2.75) is 18.8 Å². The van der Waals surface area contributed by atoms with Gasteiger partial charge in [0.2, 0.25) is 11.8 Å². The highest BCUT2D eigenvalue weighted by molar-refractivity contribution is 6.33. The van der Waals surface area contributed by atoms with E-state index in [9.17, 15) is 9.59 Å². The van der Waals surface area contributed by atoms with Gasteiger partial charge in [-0.05, 0) is 11.6 Å². The first-order valence-electron chi connectivity index (χ1n) is 5.79. The number of amides is 2. The number of hydrogen-bond acceptors (Lipinski definition) is 4. The Labute approximate surface area is 115 Å². The Morgan fingerprint density at radius 1 is 1.16 bits per heavy atom. The summed E-state index contributed by atoms with van der Waals surface area (Å²) in [5, 5.41) is 2.66. The number of carbonyl (C=O) groups is 2. The second kappa shape index (κ2) is 5.48. The first kappa shape index (κ1) is 13.7. The smallest absolute Gasteiger partial charge is 0.227 e. The molecule has 0 radical (unpaired) electrons. The standard InChI is InChI=1S/C13H14ClNO4/c1-18-9-4-3-8(12(14)13(9)19-2)7-5-10(16)15-11(17)6-7/h3-4,7H,5-6H2,1-2H3,(H,15,16,17). The van der Waals surface area contributed by atoms with Crippen molar-refractivity contribution in [2.75, 3.05) is 14.2 Å². The summed E-state index contributed by atoms with van der Waals surface area (Å²) in [6.45, 7) is 0. The van der Waals surface area contributed by atoms with Crippen molar-refractivity contribution in [1.82, 2.24) is 5.32 Å². The highest BCUT2D eigenvalue weighted by atomic mass is 35.5. The van der Waals surface area contributed by atoms with E-state index in [1.807, 2.05) is 0 Å². The summed E-state index contributed by atoms with van der Waals surface area (Å²) in [5.74, 6) is 0.135. The number of piperidine rings is 1. The van der Waals surface area contributed by atoms with Crippen LogP contribution in [0.2, 0.25) is 5.02 Å². The van der Waals surface area contributed by atoms with E-state index >= 15 is 0 Å². The maximum atomic E-state index is 11.4. The van der Waals surface area contributed by atoms with Gasteiger partial charge in [-0.3, -0.25) is 14.9 Å². The van der Waals surface area contributed by atoms with E-state index in [0.717, 1.165) is 5.56 Å². The van der Waals surface area contributed by atoms with Gasteiger partial charge in [0.05, 0.1) is 19.2 Å². The fourth-order valence-corrected chi connectivity index (χ4v) is 2.60. The van der Waals surface area contributed by atoms with Gasteiger partial charge in [-0.25, -0.2) is 0 Å². The average Bonchev–Trinajstić information content (AvgIpc) is 2.36. The molecule has 19 heavy (non-hydrogen) atoms. The van der Waals surface area contributed by atoms with E-state index in [1.54, 1.807) is 12.1 Å². The number of methoxy groups -OCH3 is 2. The summed E-state index contributed by atoms with van der Waals surface area (Å²) in [4.78, 5) is 22.8. The van der Waals surface area contributed by atoms with Gasteiger partial charge in [-0.1, -0.05) is 17.7 Å². The van der Waals surface area contributed by atoms with E-state index in [2.05, 4.69) is 5.32 Å². The summed E-state index contributed by atoms with van der Waals surface area (Å²) in [7, 11) is 3.01. The van der Waals surface area contributed by atoms with Crippen LogP contribution in [-0.4, -0.2) is 26.0 Å². The molecule has 102 valence electrons. The van der Waals surface area contributed by atoms with Crippen LogP contribution in [-0.2, 0) is 9.59 Å². The van der Waals surface area contributed by atoms with Crippen LogP contribution in [0.5, 0.6) is 11.5 Å². The molecule has 1 heterocycles. The Bertz CT molecular complexity index is 514. The van der Waals surface area contributed by atoms with Gasteiger partial charge in [0.1, 0.15) is 0 Å². The second-order valence-corrected chi connectivity index (χ2v) is 4.66. The third kappa shape index (κ3) is 2.66. The van der Waals surface area contributed by atoms with Crippen molar-refractivity contribution in [1.29, 1.82) is 0 Å². The van der Waals surface area contributed by atoms with Crippen molar-refractivity contribution in [3.05, 3.63) is 22.7 Å². The Morgan fingerprint density at radius 2 is 1.79 bits per heavy atom. The van der Waals surface area contributed by atoms with E-state index in [1.165, 1.54) is 14.2 Å². The molecule has 1 saturated heterocycles. The van der Waals surface area contributed by atoms with Gasteiger partial charge in [0.15, 0.2) is 11.5 Å². The number of benzene rings is 1. The van der Waals surface area contributed by atoms with Crippen LogP contribution in [0.4, 0.5) is 0 Å². The summed E-state index contributed by atoms with van der Waals surface area (Å²) in [6, 6.07) is 3.48. The predicted octanol–water partition coefficient (Wildman–Crippen LogP) is 1.88. The minimum absolute atomic E-state index is 0.228. The van der Waals surface area contributed by atoms with Crippen molar-refractivity contribution in [3.63, 3.8) is 0 Å². The van der Waals surface area contributed by atoms with E-state index < -0.39 is 0 Å². The molecule has 0 saturated carbocycles. The highest BCUT2D eigenvalue weighted by Gasteiger charge is 2.29. The number of imide groups is 1. The largest absolute Gasteiger partial charge is 0.493 e. The van der Waals surface area contributed by atoms with Crippen LogP contribution in [0, 0.1) is 0 Å². The van der Waals surface area contributed by atoms with Crippen LogP contribution < -0.4 is 14.8 Å². The van der Waals surface area contributed by atoms with Gasteiger partial charge in [0.25, 0.3) is 0 Å². The average molecular weight is 284 g/mol. The van der Waals surface area contributed by atoms with Gasteiger partial charge in [0, 0.05) is 18.8 Å². The number of halogens is 1. The molecule has 0 spiro atoms. The minimum atomic E-state index is -0.285. The zero-order valence-electron chi connectivity index (χ0n) is 10.7. The second-order valence-electron chi connectivity index (χ2n) is 4.28. The lowest BCUT2D eigenvalue weighted by atomic mass is 9.89. The van der Waals surface area contributed by atoms with E-state index in [0.29, 0.717) is 16.5 Å². The van der Waals surface area contributed by atoms with E-state index in [-0.39, 0.29) is 30.6 Å². The number of hydrogen-bond donors (Lipinski definition) is 1. The van der Waals surface area contributed by atoms with Crippen molar-refractivity contribution in [3.8, 4) is 11.5 Å². The van der Waals surface area contributed by atoms with Crippen LogP contribution in [0.15, 0.2) is 12.1 Å².